The van der Waals surface area contributed by atoms with Crippen LogP contribution in [0.25, 0.3) is 0 Å². The first-order valence-corrected chi connectivity index (χ1v) is 7.32. The summed E-state index contributed by atoms with van der Waals surface area (Å²) in [7, 11) is 0. The fraction of sp³-hybridized carbons (Fsp3) is 0.462. The monoisotopic (exact) mass is 302 g/mol. The van der Waals surface area contributed by atoms with E-state index in [0.717, 1.165) is 0 Å². The van der Waals surface area contributed by atoms with Crippen LogP contribution in [-0.4, -0.2) is 27.6 Å². The maximum Gasteiger partial charge on any atom is 0.237 e. The second-order valence-electron chi connectivity index (χ2n) is 4.45. The molecule has 0 radical (unpaired) electrons. The number of nitrogen functional groups attached to an aromatic ring is 1. The van der Waals surface area contributed by atoms with Gasteiger partial charge in [-0.05, 0) is 32.0 Å². The molecule has 0 aliphatic carbocycles. The third kappa shape index (κ3) is 4.93. The van der Waals surface area contributed by atoms with Gasteiger partial charge < -0.3 is 16.2 Å². The number of rotatable bonds is 5. The molecule has 1 aromatic rings. The van der Waals surface area contributed by atoms with Gasteiger partial charge in [0.25, 0.3) is 0 Å². The number of nitrogens with two attached hydrogens (primary N) is 1. The van der Waals surface area contributed by atoms with Gasteiger partial charge in [0.1, 0.15) is 0 Å². The molecule has 1 rings (SSSR count). The Morgan fingerprint density at radius 3 is 2.58 bits per heavy atom. The Labute approximate surface area is 122 Å². The molecule has 0 saturated heterocycles. The summed E-state index contributed by atoms with van der Waals surface area (Å²) in [6, 6.07) is 4.96. The number of amides is 1. The zero-order chi connectivity index (χ0) is 14.6. The van der Waals surface area contributed by atoms with E-state index in [2.05, 4.69) is 5.32 Å². The number of benzene rings is 1. The summed E-state index contributed by atoms with van der Waals surface area (Å²) in [5.41, 5.74) is 6.71. The number of hydrogen-bond acceptors (Lipinski definition) is 4. The zero-order valence-electron chi connectivity index (χ0n) is 11.2. The largest absolute Gasteiger partial charge is 0.397 e. The number of aliphatic hydroxyl groups excluding tert-OH is 1. The molecule has 6 heteroatoms. The second kappa shape index (κ2) is 7.03. The number of thioether (sulfide) groups is 1. The smallest absolute Gasteiger partial charge is 0.237 e. The molecule has 1 amide bonds. The second-order valence-corrected chi connectivity index (χ2v) is 6.58. The highest BCUT2D eigenvalue weighted by atomic mass is 35.5. The van der Waals surface area contributed by atoms with E-state index in [-0.39, 0.29) is 16.4 Å². The molecular weight excluding hydrogens is 284 g/mol. The van der Waals surface area contributed by atoms with Crippen molar-refractivity contribution in [2.24, 2.45) is 0 Å². The summed E-state index contributed by atoms with van der Waals surface area (Å²) in [4.78, 5) is 12.0. The van der Waals surface area contributed by atoms with Crippen LogP contribution in [0.4, 0.5) is 11.4 Å². The molecule has 0 aliphatic heterocycles. The lowest BCUT2D eigenvalue weighted by atomic mass is 10.2. The van der Waals surface area contributed by atoms with Crippen LogP contribution in [0, 0.1) is 0 Å². The van der Waals surface area contributed by atoms with Gasteiger partial charge in [-0.15, -0.1) is 11.8 Å². The van der Waals surface area contributed by atoms with Crippen molar-refractivity contribution in [1.82, 2.24) is 0 Å². The standard InChI is InChI=1S/C13H19ClN2O2S/c1-7(17)8(2)19-9(3)13(18)16-10-4-5-11(14)12(15)6-10/h4-9,17H,15H2,1-3H3,(H,16,18). The van der Waals surface area contributed by atoms with Gasteiger partial charge in [0, 0.05) is 10.9 Å². The molecule has 0 heterocycles. The zero-order valence-corrected chi connectivity index (χ0v) is 12.8. The molecule has 0 aromatic heterocycles. The first-order valence-electron chi connectivity index (χ1n) is 6.00. The number of nitrogens with one attached hydrogen (secondary N) is 1. The fourth-order valence-electron chi connectivity index (χ4n) is 1.36. The van der Waals surface area contributed by atoms with Crippen LogP contribution in [0.1, 0.15) is 20.8 Å². The molecule has 19 heavy (non-hydrogen) atoms. The first kappa shape index (κ1) is 16.1. The summed E-state index contributed by atoms with van der Waals surface area (Å²) < 4.78 is 0. The van der Waals surface area contributed by atoms with Gasteiger partial charge in [-0.25, -0.2) is 0 Å². The lowest BCUT2D eigenvalue weighted by Crippen LogP contribution is -2.27. The Hall–Kier alpha value is -0.910. The van der Waals surface area contributed by atoms with Crippen molar-refractivity contribution in [3.05, 3.63) is 23.2 Å². The molecule has 4 nitrogen and oxygen atoms in total. The summed E-state index contributed by atoms with van der Waals surface area (Å²) >= 11 is 7.24. The number of hydrogen-bond donors (Lipinski definition) is 3. The van der Waals surface area contributed by atoms with Crippen molar-refractivity contribution in [2.45, 2.75) is 37.4 Å². The quantitative estimate of drug-likeness (QED) is 0.731. The van der Waals surface area contributed by atoms with Gasteiger partial charge in [-0.2, -0.15) is 0 Å². The normalized spacial score (nSPS) is 15.6. The van der Waals surface area contributed by atoms with E-state index in [1.807, 2.05) is 6.92 Å². The highest BCUT2D eigenvalue weighted by molar-refractivity contribution is 8.01. The number of carbonyl (C=O) groups excluding carboxylic acids is 1. The van der Waals surface area contributed by atoms with Crippen molar-refractivity contribution < 1.29 is 9.90 Å². The number of halogens is 1. The summed E-state index contributed by atoms with van der Waals surface area (Å²) in [6.45, 7) is 5.40. The van der Waals surface area contributed by atoms with Gasteiger partial charge >= 0.3 is 0 Å². The molecule has 106 valence electrons. The topological polar surface area (TPSA) is 75.3 Å². The van der Waals surface area contributed by atoms with E-state index in [9.17, 15) is 9.90 Å². The lowest BCUT2D eigenvalue weighted by molar-refractivity contribution is -0.115. The molecule has 3 atom stereocenters. The molecular formula is C13H19ClN2O2S. The van der Waals surface area contributed by atoms with Crippen LogP contribution >= 0.6 is 23.4 Å². The van der Waals surface area contributed by atoms with Crippen LogP contribution in [0.15, 0.2) is 18.2 Å². The van der Waals surface area contributed by atoms with Crippen LogP contribution in [0.3, 0.4) is 0 Å². The van der Waals surface area contributed by atoms with E-state index in [4.69, 9.17) is 17.3 Å². The third-order valence-corrected chi connectivity index (χ3v) is 4.52. The minimum Gasteiger partial charge on any atom is -0.397 e. The maximum absolute atomic E-state index is 12.0. The Morgan fingerprint density at radius 2 is 2.05 bits per heavy atom. The van der Waals surface area contributed by atoms with Crippen molar-refractivity contribution in [3.63, 3.8) is 0 Å². The Kier molecular flexibility index (Phi) is 5.97. The Bertz CT molecular complexity index is 454. The van der Waals surface area contributed by atoms with Crippen LogP contribution in [0.2, 0.25) is 5.02 Å². The highest BCUT2D eigenvalue weighted by Crippen LogP contribution is 2.24. The molecule has 1 aromatic carbocycles. The third-order valence-electron chi connectivity index (χ3n) is 2.73. The molecule has 3 unspecified atom stereocenters. The Balaban J connectivity index is 2.61. The van der Waals surface area contributed by atoms with Crippen molar-refractivity contribution >= 4 is 40.6 Å². The van der Waals surface area contributed by atoms with Crippen molar-refractivity contribution in [3.8, 4) is 0 Å². The lowest BCUT2D eigenvalue weighted by Gasteiger charge is -2.19. The molecule has 0 spiro atoms. The van der Waals surface area contributed by atoms with Gasteiger partial charge in [0.2, 0.25) is 5.91 Å². The SMILES string of the molecule is CC(SC(C)C(C)O)C(=O)Nc1ccc(Cl)c(N)c1. The number of aliphatic hydroxyl groups is 1. The molecule has 0 fully saturated rings. The van der Waals surface area contributed by atoms with Gasteiger partial charge in [0.05, 0.1) is 22.1 Å². The average molecular weight is 303 g/mol. The van der Waals surface area contributed by atoms with Gasteiger partial charge in [0.15, 0.2) is 0 Å². The average Bonchev–Trinajstić information content (AvgIpc) is 2.33. The van der Waals surface area contributed by atoms with Crippen molar-refractivity contribution in [1.29, 1.82) is 0 Å². The van der Waals surface area contributed by atoms with Crippen LogP contribution in [0.5, 0.6) is 0 Å². The van der Waals surface area contributed by atoms with E-state index < -0.39 is 6.10 Å². The minimum atomic E-state index is -0.452. The maximum atomic E-state index is 12.0. The van der Waals surface area contributed by atoms with Crippen LogP contribution < -0.4 is 11.1 Å². The van der Waals surface area contributed by atoms with Gasteiger partial charge in [-0.3, -0.25) is 4.79 Å². The molecule has 0 bridgehead atoms. The summed E-state index contributed by atoms with van der Waals surface area (Å²) in [6.07, 6.45) is -0.452. The summed E-state index contributed by atoms with van der Waals surface area (Å²) in [5, 5.41) is 12.4. The molecule has 4 N–H and O–H groups in total. The number of carbonyl (C=O) groups is 1. The molecule has 0 aliphatic rings. The van der Waals surface area contributed by atoms with E-state index in [1.165, 1.54) is 11.8 Å². The van der Waals surface area contributed by atoms with Crippen LogP contribution in [-0.2, 0) is 4.79 Å². The minimum absolute atomic E-state index is 0.00367. The first-order chi connectivity index (χ1) is 8.81. The predicted molar refractivity (Wildman–Crippen MR) is 82.7 cm³/mol. The van der Waals surface area contributed by atoms with Gasteiger partial charge in [-0.1, -0.05) is 18.5 Å². The predicted octanol–water partition coefficient (Wildman–Crippen LogP) is 2.75. The fourth-order valence-corrected chi connectivity index (χ4v) is 2.53. The Morgan fingerprint density at radius 1 is 1.42 bits per heavy atom. The van der Waals surface area contributed by atoms with E-state index in [1.54, 1.807) is 32.0 Å². The van der Waals surface area contributed by atoms with E-state index >= 15 is 0 Å². The van der Waals surface area contributed by atoms with Crippen molar-refractivity contribution in [2.75, 3.05) is 11.1 Å². The summed E-state index contributed by atoms with van der Waals surface area (Å²) in [5.74, 6) is -0.126. The molecule has 0 saturated carbocycles. The van der Waals surface area contributed by atoms with E-state index in [0.29, 0.717) is 16.4 Å². The highest BCUT2D eigenvalue weighted by Gasteiger charge is 2.19. The number of anilines is 2.